The van der Waals surface area contributed by atoms with E-state index >= 15 is 0 Å². The van der Waals surface area contributed by atoms with Gasteiger partial charge in [-0.25, -0.2) is 10.2 Å². The Morgan fingerprint density at radius 3 is 2.75 bits per heavy atom. The lowest BCUT2D eigenvalue weighted by Gasteiger charge is -2.16. The summed E-state index contributed by atoms with van der Waals surface area (Å²) in [6.07, 6.45) is 0.305. The number of fused-ring (bicyclic) bond motifs is 1. The van der Waals surface area contributed by atoms with E-state index in [0.717, 1.165) is 11.0 Å². The van der Waals surface area contributed by atoms with Gasteiger partial charge in [-0.1, -0.05) is 11.6 Å². The van der Waals surface area contributed by atoms with Crippen LogP contribution in [0.2, 0.25) is 5.02 Å². The van der Waals surface area contributed by atoms with Crippen molar-refractivity contribution in [3.8, 4) is 0 Å². The Hall–Kier alpha value is -1.99. The number of Topliss-reactive ketones (excluding diaryl/α,β-unsaturated/α-hetero) is 1. The van der Waals surface area contributed by atoms with Crippen molar-refractivity contribution in [3.63, 3.8) is 0 Å². The second kappa shape index (κ2) is 5.56. The van der Waals surface area contributed by atoms with Gasteiger partial charge in [0.25, 0.3) is 11.7 Å². The molecule has 0 bridgehead atoms. The normalized spacial score (nSPS) is 13.7. The number of benzene rings is 1. The van der Waals surface area contributed by atoms with E-state index in [1.165, 1.54) is 6.07 Å². The maximum atomic E-state index is 13.8. The summed E-state index contributed by atoms with van der Waals surface area (Å²) in [5.41, 5.74) is 1.70. The Bertz CT molecular complexity index is 606. The molecule has 0 fully saturated rings. The highest BCUT2D eigenvalue weighted by atomic mass is 35.5. The number of amides is 2. The lowest BCUT2D eigenvalue weighted by atomic mass is 10.1. The number of rotatable bonds is 4. The van der Waals surface area contributed by atoms with Crippen molar-refractivity contribution in [1.82, 2.24) is 5.43 Å². The van der Waals surface area contributed by atoms with Gasteiger partial charge in [-0.2, -0.15) is 0 Å². The molecular formula is C12H11ClFN3O3. The van der Waals surface area contributed by atoms with E-state index in [4.69, 9.17) is 17.4 Å². The second-order valence-corrected chi connectivity index (χ2v) is 4.62. The SMILES string of the molecule is NNC(=O)CCCN1C(=O)C(=O)c2c(Cl)ccc(F)c21. The summed E-state index contributed by atoms with van der Waals surface area (Å²) in [5, 5.41) is 0.0296. The summed E-state index contributed by atoms with van der Waals surface area (Å²) in [6.45, 7) is 0.0300. The summed E-state index contributed by atoms with van der Waals surface area (Å²) in [4.78, 5) is 35.6. The second-order valence-electron chi connectivity index (χ2n) is 4.21. The Morgan fingerprint density at radius 2 is 2.10 bits per heavy atom. The average Bonchev–Trinajstić information content (AvgIpc) is 2.68. The van der Waals surface area contributed by atoms with E-state index in [1.54, 1.807) is 0 Å². The van der Waals surface area contributed by atoms with Gasteiger partial charge in [0.05, 0.1) is 16.3 Å². The number of hydrazine groups is 1. The first-order valence-electron chi connectivity index (χ1n) is 5.81. The van der Waals surface area contributed by atoms with Crippen LogP contribution in [0, 0.1) is 5.82 Å². The maximum absolute atomic E-state index is 13.8. The quantitative estimate of drug-likeness (QED) is 0.372. The lowest BCUT2D eigenvalue weighted by Crippen LogP contribution is -2.33. The molecule has 106 valence electrons. The average molecular weight is 300 g/mol. The van der Waals surface area contributed by atoms with Crippen molar-refractivity contribution in [3.05, 3.63) is 28.5 Å². The summed E-state index contributed by atoms with van der Waals surface area (Å²) in [6, 6.07) is 2.32. The van der Waals surface area contributed by atoms with Crippen molar-refractivity contribution in [1.29, 1.82) is 0 Å². The molecule has 1 aromatic carbocycles. The number of halogens is 2. The van der Waals surface area contributed by atoms with E-state index in [2.05, 4.69) is 0 Å². The zero-order valence-corrected chi connectivity index (χ0v) is 11.0. The topological polar surface area (TPSA) is 92.5 Å². The molecule has 1 heterocycles. The molecule has 1 aliphatic heterocycles. The number of carbonyl (C=O) groups is 3. The fourth-order valence-corrected chi connectivity index (χ4v) is 2.27. The monoisotopic (exact) mass is 299 g/mol. The van der Waals surface area contributed by atoms with Gasteiger partial charge >= 0.3 is 0 Å². The molecule has 20 heavy (non-hydrogen) atoms. The van der Waals surface area contributed by atoms with E-state index in [-0.39, 0.29) is 35.7 Å². The van der Waals surface area contributed by atoms with Crippen LogP contribution in [0.15, 0.2) is 12.1 Å². The molecule has 1 aliphatic rings. The molecule has 6 nitrogen and oxygen atoms in total. The van der Waals surface area contributed by atoms with E-state index < -0.39 is 23.4 Å². The van der Waals surface area contributed by atoms with Crippen molar-refractivity contribution in [2.24, 2.45) is 5.84 Å². The molecule has 1 aromatic rings. The highest BCUT2D eigenvalue weighted by Crippen LogP contribution is 2.36. The molecule has 2 rings (SSSR count). The molecule has 0 atom stereocenters. The van der Waals surface area contributed by atoms with Gasteiger partial charge in [-0.15, -0.1) is 0 Å². The summed E-state index contributed by atoms with van der Waals surface area (Å²) in [7, 11) is 0. The number of carbonyl (C=O) groups excluding carboxylic acids is 3. The van der Waals surface area contributed by atoms with Gasteiger partial charge in [0.15, 0.2) is 0 Å². The number of nitrogens with zero attached hydrogens (tertiary/aromatic N) is 1. The molecule has 3 N–H and O–H groups in total. The van der Waals surface area contributed by atoms with Crippen LogP contribution in [0.1, 0.15) is 23.2 Å². The van der Waals surface area contributed by atoms with E-state index in [0.29, 0.717) is 0 Å². The summed E-state index contributed by atoms with van der Waals surface area (Å²) < 4.78 is 13.8. The van der Waals surface area contributed by atoms with Crippen molar-refractivity contribution >= 4 is 34.9 Å². The van der Waals surface area contributed by atoms with Crippen LogP contribution in [0.5, 0.6) is 0 Å². The maximum Gasteiger partial charge on any atom is 0.299 e. The zero-order valence-electron chi connectivity index (χ0n) is 10.3. The number of hydrogen-bond acceptors (Lipinski definition) is 4. The molecule has 0 aromatic heterocycles. The van der Waals surface area contributed by atoms with Gasteiger partial charge in [0.2, 0.25) is 5.91 Å². The number of nitrogens with one attached hydrogen (secondary N) is 1. The first kappa shape index (κ1) is 14.4. The Morgan fingerprint density at radius 1 is 1.40 bits per heavy atom. The number of hydrogen-bond donors (Lipinski definition) is 2. The van der Waals surface area contributed by atoms with Crippen LogP contribution >= 0.6 is 11.6 Å². The zero-order chi connectivity index (χ0) is 14.9. The third kappa shape index (κ3) is 2.37. The standard InChI is InChI=1S/C12H11ClFN3O3/c13-6-3-4-7(14)10-9(6)11(19)12(20)17(10)5-1-2-8(18)16-15/h3-4H,1-2,5,15H2,(H,16,18). The minimum Gasteiger partial charge on any atom is -0.302 e. The van der Waals surface area contributed by atoms with Crippen LogP contribution in [0.3, 0.4) is 0 Å². The van der Waals surface area contributed by atoms with Crippen LogP contribution in [-0.4, -0.2) is 24.1 Å². The largest absolute Gasteiger partial charge is 0.302 e. The van der Waals surface area contributed by atoms with Gasteiger partial charge in [-0.3, -0.25) is 19.8 Å². The van der Waals surface area contributed by atoms with E-state index in [1.807, 2.05) is 5.43 Å². The molecule has 0 aliphatic carbocycles. The molecule has 0 saturated heterocycles. The van der Waals surface area contributed by atoms with Gasteiger partial charge < -0.3 is 4.90 Å². The molecule has 0 unspecified atom stereocenters. The predicted molar refractivity (Wildman–Crippen MR) is 69.7 cm³/mol. The molecular weight excluding hydrogens is 289 g/mol. The van der Waals surface area contributed by atoms with Crippen LogP contribution in [-0.2, 0) is 9.59 Å². The molecule has 0 saturated carbocycles. The number of ketones is 1. The first-order chi connectivity index (χ1) is 9.47. The predicted octanol–water partition coefficient (Wildman–Crippen LogP) is 0.778. The van der Waals surface area contributed by atoms with Crippen LogP contribution in [0.4, 0.5) is 10.1 Å². The Balaban J connectivity index is 2.25. The van der Waals surface area contributed by atoms with E-state index in [9.17, 15) is 18.8 Å². The number of anilines is 1. The fraction of sp³-hybridized carbons (Fsp3) is 0.250. The Labute approximate surface area is 118 Å². The molecule has 2 amide bonds. The Kier molecular flexibility index (Phi) is 4.01. The van der Waals surface area contributed by atoms with Crippen LogP contribution < -0.4 is 16.2 Å². The van der Waals surface area contributed by atoms with Crippen LogP contribution in [0.25, 0.3) is 0 Å². The summed E-state index contributed by atoms with van der Waals surface area (Å²) in [5.74, 6) is 2.13. The van der Waals surface area contributed by atoms with Crippen molar-refractivity contribution in [2.45, 2.75) is 12.8 Å². The van der Waals surface area contributed by atoms with Gasteiger partial charge in [0.1, 0.15) is 5.82 Å². The molecule has 0 radical (unpaired) electrons. The highest BCUT2D eigenvalue weighted by Gasteiger charge is 2.39. The fourth-order valence-electron chi connectivity index (χ4n) is 2.04. The van der Waals surface area contributed by atoms with Crippen molar-refractivity contribution in [2.75, 3.05) is 11.4 Å². The smallest absolute Gasteiger partial charge is 0.299 e. The first-order valence-corrected chi connectivity index (χ1v) is 6.18. The summed E-state index contributed by atoms with van der Waals surface area (Å²) >= 11 is 5.83. The molecule has 0 spiro atoms. The number of nitrogens with two attached hydrogens (primary N) is 1. The third-order valence-electron chi connectivity index (χ3n) is 2.96. The third-order valence-corrected chi connectivity index (χ3v) is 3.28. The van der Waals surface area contributed by atoms with Crippen molar-refractivity contribution < 1.29 is 18.8 Å². The van der Waals surface area contributed by atoms with Gasteiger partial charge in [-0.05, 0) is 18.6 Å². The van der Waals surface area contributed by atoms with Gasteiger partial charge in [0, 0.05) is 13.0 Å². The lowest BCUT2D eigenvalue weighted by molar-refractivity contribution is -0.121. The minimum absolute atomic E-state index is 0.0296. The minimum atomic E-state index is -0.847. The highest BCUT2D eigenvalue weighted by molar-refractivity contribution is 6.55. The molecule has 8 heteroatoms.